The van der Waals surface area contributed by atoms with Gasteiger partial charge in [-0.15, -0.1) is 0 Å². The molecule has 1 aliphatic rings. The summed E-state index contributed by atoms with van der Waals surface area (Å²) in [6.07, 6.45) is 48.6. The molecule has 45 heavy (non-hydrogen) atoms. The molecule has 1 fully saturated rings. The number of allylic oxidation sites excluding steroid dienone is 4. The van der Waals surface area contributed by atoms with E-state index < -0.39 is 0 Å². The van der Waals surface area contributed by atoms with Crippen LogP contribution < -0.4 is 0 Å². The minimum absolute atomic E-state index is 0.173. The van der Waals surface area contributed by atoms with Crippen LogP contribution in [0.15, 0.2) is 24.3 Å². The number of likely N-dealkylation sites (tertiary alicyclic amines) is 1. The quantitative estimate of drug-likeness (QED) is 0.0321. The lowest BCUT2D eigenvalue weighted by Crippen LogP contribution is -2.57. The second kappa shape index (κ2) is 31.4. The molecule has 3 nitrogen and oxygen atoms in total. The summed E-state index contributed by atoms with van der Waals surface area (Å²) in [5.74, 6) is 0.441. The monoisotopic (exact) mass is 629 g/mol. The number of rotatable bonds is 32. The van der Waals surface area contributed by atoms with E-state index >= 15 is 0 Å². The second-order valence-corrected chi connectivity index (χ2v) is 14.3. The Labute approximate surface area is 282 Å². The fourth-order valence-electron chi connectivity index (χ4n) is 6.99. The summed E-state index contributed by atoms with van der Waals surface area (Å²) in [6.45, 7) is 6.07. The largest absolute Gasteiger partial charge is 0.321 e. The predicted molar refractivity (Wildman–Crippen MR) is 197 cm³/mol. The van der Waals surface area contributed by atoms with E-state index in [0.29, 0.717) is 12.8 Å². The Morgan fingerprint density at radius 1 is 0.400 bits per heavy atom. The average molecular weight is 629 g/mol. The smallest absolute Gasteiger partial charge is 0.230 e. The molecule has 0 unspecified atom stereocenters. The third kappa shape index (κ3) is 22.9. The number of hydrogen-bond acceptors (Lipinski definition) is 2. The van der Waals surface area contributed by atoms with Crippen LogP contribution in [-0.4, -0.2) is 29.4 Å². The van der Waals surface area contributed by atoms with Crippen LogP contribution in [-0.2, 0) is 9.59 Å². The van der Waals surface area contributed by atoms with E-state index in [-0.39, 0.29) is 16.3 Å². The van der Waals surface area contributed by atoms with Crippen LogP contribution in [0, 0.1) is 0 Å². The normalized spacial score (nSPS) is 15.5. The first-order chi connectivity index (χ1) is 22.2. The molecule has 1 heterocycles. The third-order valence-electron chi connectivity index (χ3n) is 10.1. The highest BCUT2D eigenvalue weighted by Crippen LogP contribution is 2.25. The highest BCUT2D eigenvalue weighted by atomic mass is 16.2. The van der Waals surface area contributed by atoms with Crippen molar-refractivity contribution in [2.24, 2.45) is 0 Å². The molecule has 0 N–H and O–H groups in total. The first kappa shape index (κ1) is 41.8. The molecule has 2 amide bonds. The van der Waals surface area contributed by atoms with Crippen LogP contribution in [0.1, 0.15) is 219 Å². The summed E-state index contributed by atoms with van der Waals surface area (Å²) in [5, 5.41) is 0. The summed E-state index contributed by atoms with van der Waals surface area (Å²) >= 11 is 0. The van der Waals surface area contributed by atoms with Gasteiger partial charge in [0.15, 0.2) is 0 Å². The fraction of sp³-hybridized carbons (Fsp3) is 0.857. The molecular weight excluding hydrogens is 550 g/mol. The topological polar surface area (TPSA) is 34.1 Å². The number of unbranched alkanes of at least 4 members (excludes halogenated alkanes) is 24. The molecule has 0 radical (unpaired) electrons. The number of nitrogens with zero attached hydrogens (tertiary/aromatic N) is 1. The molecule has 0 aromatic heterocycles. The first-order valence-electron chi connectivity index (χ1n) is 20.4. The molecule has 0 spiro atoms. The summed E-state index contributed by atoms with van der Waals surface area (Å²) in [4.78, 5) is 26.5. The highest BCUT2D eigenvalue weighted by molar-refractivity contribution is 5.85. The molecule has 0 bridgehead atoms. The molecule has 262 valence electrons. The minimum atomic E-state index is 0.173. The zero-order chi connectivity index (χ0) is 32.5. The number of carbonyl (C=O) groups is 2. The Balaban J connectivity index is 2.15. The lowest BCUT2D eigenvalue weighted by atomic mass is 10.1. The van der Waals surface area contributed by atoms with E-state index in [1.165, 1.54) is 154 Å². The van der Waals surface area contributed by atoms with Gasteiger partial charge < -0.3 is 0 Å². The lowest BCUT2D eigenvalue weighted by molar-refractivity contribution is -0.780. The number of quaternary nitrogens is 1. The molecular formula is C42H78NO2+. The van der Waals surface area contributed by atoms with Gasteiger partial charge in [-0.3, -0.25) is 0 Å². The predicted octanol–water partition coefficient (Wildman–Crippen LogP) is 13.5. The van der Waals surface area contributed by atoms with Crippen LogP contribution in [0.3, 0.4) is 0 Å². The van der Waals surface area contributed by atoms with E-state index in [1.807, 2.05) is 0 Å². The van der Waals surface area contributed by atoms with Gasteiger partial charge in [0.1, 0.15) is 0 Å². The van der Waals surface area contributed by atoms with Crippen molar-refractivity contribution in [1.29, 1.82) is 0 Å². The van der Waals surface area contributed by atoms with E-state index in [2.05, 4.69) is 38.2 Å². The van der Waals surface area contributed by atoms with Gasteiger partial charge in [-0.25, -0.2) is 9.59 Å². The molecule has 0 aliphatic carbocycles. The number of carbonyl (C=O) groups excluding carboxylic acids is 2. The first-order valence-corrected chi connectivity index (χ1v) is 20.4. The molecule has 0 aromatic rings. The van der Waals surface area contributed by atoms with E-state index in [1.54, 1.807) is 0 Å². The zero-order valence-corrected chi connectivity index (χ0v) is 30.6. The van der Waals surface area contributed by atoms with Gasteiger partial charge in [0.25, 0.3) is 0 Å². The Hall–Kier alpha value is -1.22. The summed E-state index contributed by atoms with van der Waals surface area (Å²) < 4.78 is 0.173. The SMILES string of the molecule is CCCCCCCC/C=C\CCCCCCCC[N+]1(CCCCCCCC/C=C\CCCCCCCC)C(=O)CCCCC1=O. The Kier molecular flexibility index (Phi) is 29.2. The maximum Gasteiger partial charge on any atom is 0.321 e. The molecule has 0 aromatic carbocycles. The Morgan fingerprint density at radius 2 is 0.667 bits per heavy atom. The van der Waals surface area contributed by atoms with Crippen molar-refractivity contribution in [3.63, 3.8) is 0 Å². The Bertz CT molecular complexity index is 677. The van der Waals surface area contributed by atoms with Crippen LogP contribution in [0.2, 0.25) is 0 Å². The van der Waals surface area contributed by atoms with Crippen LogP contribution in [0.25, 0.3) is 0 Å². The van der Waals surface area contributed by atoms with Crippen molar-refractivity contribution in [3.05, 3.63) is 24.3 Å². The third-order valence-corrected chi connectivity index (χ3v) is 10.1. The van der Waals surface area contributed by atoms with E-state index in [4.69, 9.17) is 0 Å². The average Bonchev–Trinajstić information content (AvgIpc) is 3.18. The standard InChI is InChI=1S/C42H78NO2/c1-3-5-7-9-11-13-15-17-19-21-23-25-27-29-31-35-39-43(41(44)37-33-34-38-42(43)45)40-36-32-30-28-26-24-22-20-18-16-14-12-10-8-6-4-2/h17-20H,3-16,21-40H2,1-2H3/q+1/b19-17-,20-18-. The van der Waals surface area contributed by atoms with Gasteiger partial charge in [0, 0.05) is 0 Å². The van der Waals surface area contributed by atoms with Gasteiger partial charge in [0.05, 0.1) is 25.9 Å². The van der Waals surface area contributed by atoms with Crippen molar-refractivity contribution < 1.29 is 14.1 Å². The number of hydrogen-bond donors (Lipinski definition) is 0. The van der Waals surface area contributed by atoms with Crippen LogP contribution in [0.4, 0.5) is 0 Å². The molecule has 1 aliphatic heterocycles. The van der Waals surface area contributed by atoms with Gasteiger partial charge in [0.2, 0.25) is 0 Å². The minimum Gasteiger partial charge on any atom is -0.230 e. The van der Waals surface area contributed by atoms with Crippen molar-refractivity contribution in [2.45, 2.75) is 219 Å². The number of imide groups is 1. The highest BCUT2D eigenvalue weighted by Gasteiger charge is 2.43. The van der Waals surface area contributed by atoms with Crippen molar-refractivity contribution in [2.75, 3.05) is 13.1 Å². The second-order valence-electron chi connectivity index (χ2n) is 14.3. The molecule has 1 saturated heterocycles. The maximum atomic E-state index is 13.3. The number of amides is 2. The molecule has 1 rings (SSSR count). The van der Waals surface area contributed by atoms with Gasteiger partial charge in [-0.2, -0.15) is 4.48 Å². The van der Waals surface area contributed by atoms with Crippen molar-refractivity contribution >= 4 is 11.8 Å². The zero-order valence-electron chi connectivity index (χ0n) is 30.6. The summed E-state index contributed by atoms with van der Waals surface area (Å²) in [7, 11) is 0. The Morgan fingerprint density at radius 3 is 0.978 bits per heavy atom. The molecule has 3 heteroatoms. The van der Waals surface area contributed by atoms with Gasteiger partial charge in [-0.05, 0) is 89.9 Å². The van der Waals surface area contributed by atoms with E-state index in [0.717, 1.165) is 51.6 Å². The van der Waals surface area contributed by atoms with Crippen LogP contribution in [0.5, 0.6) is 0 Å². The molecule has 0 saturated carbocycles. The summed E-state index contributed by atoms with van der Waals surface area (Å²) in [5.41, 5.74) is 0. The van der Waals surface area contributed by atoms with Gasteiger partial charge >= 0.3 is 11.8 Å². The van der Waals surface area contributed by atoms with Crippen molar-refractivity contribution in [1.82, 2.24) is 0 Å². The van der Waals surface area contributed by atoms with Gasteiger partial charge in [-0.1, -0.05) is 141 Å². The maximum absolute atomic E-state index is 13.3. The van der Waals surface area contributed by atoms with E-state index in [9.17, 15) is 9.59 Å². The summed E-state index contributed by atoms with van der Waals surface area (Å²) in [6, 6.07) is 0. The van der Waals surface area contributed by atoms with Crippen molar-refractivity contribution in [3.8, 4) is 0 Å². The lowest BCUT2D eigenvalue weighted by Gasteiger charge is -2.32. The fourth-order valence-corrected chi connectivity index (χ4v) is 6.99. The van der Waals surface area contributed by atoms with Crippen LogP contribution >= 0.6 is 0 Å². The molecule has 0 atom stereocenters.